The van der Waals surface area contributed by atoms with Crippen molar-refractivity contribution in [1.29, 1.82) is 0 Å². The molecule has 30 heavy (non-hydrogen) atoms. The van der Waals surface area contributed by atoms with Crippen LogP contribution in [0.2, 0.25) is 0 Å². The smallest absolute Gasteiger partial charge is 0.262 e. The number of hydrogen-bond acceptors (Lipinski definition) is 4. The summed E-state index contributed by atoms with van der Waals surface area (Å²) < 4.78 is 7.52. The first kappa shape index (κ1) is 19.6. The number of aromatic nitrogens is 3. The lowest BCUT2D eigenvalue weighted by atomic mass is 10.1. The van der Waals surface area contributed by atoms with Gasteiger partial charge in [-0.3, -0.25) is 4.79 Å². The number of rotatable bonds is 5. The SMILES string of the molecule is Cc1ccc(NC(=O)COc2cc(C)c3c(C)nn(-c4ccccc4)c3n2)cc1C. The van der Waals surface area contributed by atoms with Crippen LogP contribution in [0.15, 0.2) is 54.6 Å². The largest absolute Gasteiger partial charge is 0.467 e. The third-order valence-corrected chi connectivity index (χ3v) is 5.13. The van der Waals surface area contributed by atoms with Crippen molar-refractivity contribution in [2.75, 3.05) is 11.9 Å². The third kappa shape index (κ3) is 3.89. The minimum atomic E-state index is -0.231. The van der Waals surface area contributed by atoms with Crippen LogP contribution in [-0.2, 0) is 4.79 Å². The van der Waals surface area contributed by atoms with Gasteiger partial charge in [0.05, 0.1) is 11.4 Å². The number of carbonyl (C=O) groups is 1. The quantitative estimate of drug-likeness (QED) is 0.528. The highest BCUT2D eigenvalue weighted by atomic mass is 16.5. The van der Waals surface area contributed by atoms with Crippen LogP contribution in [0.1, 0.15) is 22.4 Å². The fourth-order valence-electron chi connectivity index (χ4n) is 3.45. The number of fused-ring (bicyclic) bond motifs is 1. The first-order valence-electron chi connectivity index (χ1n) is 9.84. The average Bonchev–Trinajstić information content (AvgIpc) is 3.07. The molecule has 0 aliphatic rings. The number of pyridine rings is 1. The van der Waals surface area contributed by atoms with E-state index in [0.717, 1.165) is 33.6 Å². The lowest BCUT2D eigenvalue weighted by Gasteiger charge is -2.10. The van der Waals surface area contributed by atoms with Crippen molar-refractivity contribution in [3.8, 4) is 11.6 Å². The standard InChI is InChI=1S/C24H24N4O2/c1-15-10-11-19(12-16(15)2)25-21(29)14-30-22-13-17(3)23-18(4)27-28(24(23)26-22)20-8-6-5-7-9-20/h5-13H,14H2,1-4H3,(H,25,29). The van der Waals surface area contributed by atoms with E-state index in [-0.39, 0.29) is 12.5 Å². The zero-order chi connectivity index (χ0) is 21.3. The summed E-state index contributed by atoms with van der Waals surface area (Å²) in [6.07, 6.45) is 0. The molecule has 0 unspecified atom stereocenters. The maximum atomic E-state index is 12.3. The second-order valence-electron chi connectivity index (χ2n) is 7.44. The highest BCUT2D eigenvalue weighted by molar-refractivity contribution is 5.92. The Bertz CT molecular complexity index is 1230. The van der Waals surface area contributed by atoms with E-state index < -0.39 is 0 Å². The molecule has 2 heterocycles. The highest BCUT2D eigenvalue weighted by Gasteiger charge is 2.15. The second kappa shape index (κ2) is 7.99. The predicted octanol–water partition coefficient (Wildman–Crippen LogP) is 4.67. The van der Waals surface area contributed by atoms with Crippen molar-refractivity contribution in [2.45, 2.75) is 27.7 Å². The first-order valence-corrected chi connectivity index (χ1v) is 9.84. The van der Waals surface area contributed by atoms with Gasteiger partial charge in [0, 0.05) is 17.1 Å². The zero-order valence-electron chi connectivity index (χ0n) is 17.6. The van der Waals surface area contributed by atoms with E-state index in [1.165, 1.54) is 5.56 Å². The average molecular weight is 400 g/mol. The number of hydrogen-bond donors (Lipinski definition) is 1. The Hall–Kier alpha value is -3.67. The summed E-state index contributed by atoms with van der Waals surface area (Å²) in [5.41, 5.74) is 6.60. The maximum Gasteiger partial charge on any atom is 0.262 e. The molecule has 2 aromatic carbocycles. The van der Waals surface area contributed by atoms with Gasteiger partial charge in [0.25, 0.3) is 5.91 Å². The molecule has 0 aliphatic heterocycles. The topological polar surface area (TPSA) is 69.0 Å². The van der Waals surface area contributed by atoms with Crippen molar-refractivity contribution < 1.29 is 9.53 Å². The number of nitrogens with zero attached hydrogens (tertiary/aromatic N) is 3. The summed E-state index contributed by atoms with van der Waals surface area (Å²) in [5, 5.41) is 8.50. The molecular weight excluding hydrogens is 376 g/mol. The predicted molar refractivity (Wildman–Crippen MR) is 118 cm³/mol. The van der Waals surface area contributed by atoms with Crippen LogP contribution in [-0.4, -0.2) is 27.3 Å². The number of nitrogens with one attached hydrogen (secondary N) is 1. The summed E-state index contributed by atoms with van der Waals surface area (Å²) in [7, 11) is 0. The van der Waals surface area contributed by atoms with Crippen LogP contribution in [0, 0.1) is 27.7 Å². The molecule has 2 aromatic heterocycles. The Kier molecular flexibility index (Phi) is 5.23. The van der Waals surface area contributed by atoms with Gasteiger partial charge in [0.2, 0.25) is 5.88 Å². The van der Waals surface area contributed by atoms with E-state index in [1.807, 2.05) is 82.3 Å². The van der Waals surface area contributed by atoms with Crippen molar-refractivity contribution in [3.05, 3.63) is 77.0 Å². The Morgan fingerprint density at radius 2 is 1.73 bits per heavy atom. The number of amides is 1. The van der Waals surface area contributed by atoms with E-state index in [9.17, 15) is 4.79 Å². The molecule has 0 fully saturated rings. The first-order chi connectivity index (χ1) is 14.4. The van der Waals surface area contributed by atoms with Crippen LogP contribution < -0.4 is 10.1 Å². The van der Waals surface area contributed by atoms with Crippen LogP contribution >= 0.6 is 0 Å². The molecular formula is C24H24N4O2. The molecule has 4 rings (SSSR count). The number of carbonyl (C=O) groups excluding carboxylic acids is 1. The van der Waals surface area contributed by atoms with Crippen molar-refractivity contribution in [3.63, 3.8) is 0 Å². The Morgan fingerprint density at radius 3 is 2.47 bits per heavy atom. The van der Waals surface area contributed by atoms with Gasteiger partial charge in [0.1, 0.15) is 0 Å². The summed E-state index contributed by atoms with van der Waals surface area (Å²) in [6.45, 7) is 7.89. The van der Waals surface area contributed by atoms with Gasteiger partial charge in [-0.25, -0.2) is 4.68 Å². The molecule has 0 saturated carbocycles. The van der Waals surface area contributed by atoms with E-state index in [1.54, 1.807) is 4.68 Å². The van der Waals surface area contributed by atoms with Gasteiger partial charge in [-0.15, -0.1) is 0 Å². The Labute approximate surface area is 175 Å². The lowest BCUT2D eigenvalue weighted by Crippen LogP contribution is -2.20. The molecule has 0 atom stereocenters. The minimum Gasteiger partial charge on any atom is -0.467 e. The Morgan fingerprint density at radius 1 is 0.967 bits per heavy atom. The van der Waals surface area contributed by atoms with Crippen molar-refractivity contribution in [1.82, 2.24) is 14.8 Å². The number of ether oxygens (including phenoxy) is 1. The van der Waals surface area contributed by atoms with E-state index in [0.29, 0.717) is 11.5 Å². The highest BCUT2D eigenvalue weighted by Crippen LogP contribution is 2.26. The normalized spacial score (nSPS) is 10.9. The lowest BCUT2D eigenvalue weighted by molar-refractivity contribution is -0.118. The van der Waals surface area contributed by atoms with Crippen LogP contribution in [0.4, 0.5) is 5.69 Å². The molecule has 152 valence electrons. The van der Waals surface area contributed by atoms with E-state index in [2.05, 4.69) is 15.4 Å². The number of para-hydroxylation sites is 1. The summed E-state index contributed by atoms with van der Waals surface area (Å²) in [6, 6.07) is 17.5. The molecule has 6 nitrogen and oxygen atoms in total. The van der Waals surface area contributed by atoms with Crippen LogP contribution in [0.25, 0.3) is 16.7 Å². The minimum absolute atomic E-state index is 0.122. The molecule has 1 amide bonds. The summed E-state index contributed by atoms with van der Waals surface area (Å²) in [5.74, 6) is 0.165. The fourth-order valence-corrected chi connectivity index (χ4v) is 3.45. The van der Waals surface area contributed by atoms with Crippen molar-refractivity contribution >= 4 is 22.6 Å². The molecule has 0 saturated heterocycles. The number of aryl methyl sites for hydroxylation is 4. The van der Waals surface area contributed by atoms with Crippen LogP contribution in [0.5, 0.6) is 5.88 Å². The van der Waals surface area contributed by atoms with E-state index in [4.69, 9.17) is 4.74 Å². The number of anilines is 1. The second-order valence-corrected chi connectivity index (χ2v) is 7.44. The summed E-state index contributed by atoms with van der Waals surface area (Å²) >= 11 is 0. The molecule has 0 radical (unpaired) electrons. The van der Waals surface area contributed by atoms with Gasteiger partial charge in [0.15, 0.2) is 12.3 Å². The van der Waals surface area contributed by atoms with Gasteiger partial charge in [-0.1, -0.05) is 24.3 Å². The zero-order valence-corrected chi connectivity index (χ0v) is 17.6. The molecule has 1 N–H and O–H groups in total. The molecule has 0 spiro atoms. The fraction of sp³-hybridized carbons (Fsp3) is 0.208. The van der Waals surface area contributed by atoms with Gasteiger partial charge < -0.3 is 10.1 Å². The monoisotopic (exact) mass is 400 g/mol. The molecule has 0 aliphatic carbocycles. The molecule has 0 bridgehead atoms. The van der Waals surface area contributed by atoms with Gasteiger partial charge in [-0.2, -0.15) is 10.1 Å². The number of benzene rings is 2. The summed E-state index contributed by atoms with van der Waals surface area (Å²) in [4.78, 5) is 17.0. The molecule has 4 aromatic rings. The Balaban J connectivity index is 1.56. The van der Waals surface area contributed by atoms with Gasteiger partial charge >= 0.3 is 0 Å². The third-order valence-electron chi connectivity index (χ3n) is 5.13. The van der Waals surface area contributed by atoms with Gasteiger partial charge in [-0.05, 0) is 68.7 Å². The van der Waals surface area contributed by atoms with Crippen LogP contribution in [0.3, 0.4) is 0 Å². The molecule has 6 heteroatoms. The maximum absolute atomic E-state index is 12.3. The van der Waals surface area contributed by atoms with E-state index >= 15 is 0 Å². The van der Waals surface area contributed by atoms with Crippen molar-refractivity contribution in [2.24, 2.45) is 0 Å².